The predicted octanol–water partition coefficient (Wildman–Crippen LogP) is -2.05. The van der Waals surface area contributed by atoms with Crippen LogP contribution in [-0.2, 0) is 4.79 Å². The van der Waals surface area contributed by atoms with Gasteiger partial charge < -0.3 is 5.53 Å². The summed E-state index contributed by atoms with van der Waals surface area (Å²) in [6, 6.07) is -0.627. The van der Waals surface area contributed by atoms with Gasteiger partial charge in [0.05, 0.1) is 0 Å². The highest BCUT2D eigenvalue weighted by molar-refractivity contribution is 6.58. The third-order valence-corrected chi connectivity index (χ3v) is 0.929. The molecular weight excluding hydrogens is 136 g/mol. The molecule has 50 valence electrons. The molecule has 6 nitrogen and oxygen atoms in total. The Morgan fingerprint density at radius 1 is 1.60 bits per heavy atom. The van der Waals surface area contributed by atoms with Gasteiger partial charge in [0.1, 0.15) is 6.21 Å². The zero-order valence-corrected chi connectivity index (χ0v) is 4.81. The molecule has 0 bridgehead atoms. The molecule has 0 aromatic rings. The Morgan fingerprint density at radius 3 is 2.80 bits per heavy atom. The molecule has 1 rings (SSSR count). The fourth-order valence-corrected chi connectivity index (χ4v) is 0.487. The van der Waals surface area contributed by atoms with Gasteiger partial charge in [0.15, 0.2) is 0 Å². The van der Waals surface area contributed by atoms with E-state index in [1.54, 1.807) is 0 Å². The molecular formula is C4H3N4O2+. The van der Waals surface area contributed by atoms with Crippen molar-refractivity contribution in [1.29, 1.82) is 0 Å². The van der Waals surface area contributed by atoms with Crippen LogP contribution >= 0.6 is 0 Å². The zero-order chi connectivity index (χ0) is 7.56. The molecule has 1 aliphatic heterocycles. The average Bonchev–Trinajstić information content (AvgIpc) is 1.88. The van der Waals surface area contributed by atoms with Crippen molar-refractivity contribution in [3.63, 3.8) is 0 Å². The first-order chi connectivity index (χ1) is 4.74. The van der Waals surface area contributed by atoms with E-state index in [-0.39, 0.29) is 5.71 Å². The van der Waals surface area contributed by atoms with Crippen LogP contribution in [0.4, 0.5) is 4.79 Å². The van der Waals surface area contributed by atoms with E-state index >= 15 is 0 Å². The SMILES string of the molecule is [N-]=[N+]=C1C=NC(=O)[NH2+]C1=O. The first kappa shape index (κ1) is 6.47. The van der Waals surface area contributed by atoms with Crippen LogP contribution in [0.5, 0.6) is 0 Å². The lowest BCUT2D eigenvalue weighted by Crippen LogP contribution is -2.93. The molecule has 3 amide bonds. The highest BCUT2D eigenvalue weighted by Crippen LogP contribution is 1.73. The van der Waals surface area contributed by atoms with E-state index in [0.717, 1.165) is 11.5 Å². The number of nitrogens with two attached hydrogens (primary N) is 1. The molecule has 0 aliphatic carbocycles. The largest absolute Gasteiger partial charge is 0.447 e. The molecule has 6 heteroatoms. The smallest absolute Gasteiger partial charge is 0.360 e. The van der Waals surface area contributed by atoms with Crippen molar-refractivity contribution in [2.75, 3.05) is 0 Å². The summed E-state index contributed by atoms with van der Waals surface area (Å²) in [5, 5.41) is 0.759. The van der Waals surface area contributed by atoms with E-state index in [1.165, 1.54) is 0 Å². The summed E-state index contributed by atoms with van der Waals surface area (Å²) in [4.78, 5) is 26.7. The normalized spacial score (nSPS) is 17.4. The molecule has 0 atom stereocenters. The van der Waals surface area contributed by atoms with E-state index in [9.17, 15) is 9.59 Å². The van der Waals surface area contributed by atoms with Crippen LogP contribution in [-0.4, -0.2) is 28.7 Å². The summed E-state index contributed by atoms with van der Waals surface area (Å²) < 4.78 is 0. The van der Waals surface area contributed by atoms with Crippen molar-refractivity contribution < 1.29 is 19.7 Å². The molecule has 2 N–H and O–H groups in total. The maximum Gasteiger partial charge on any atom is 0.447 e. The number of carbonyl (C=O) groups is 2. The first-order valence-corrected chi connectivity index (χ1v) is 2.43. The van der Waals surface area contributed by atoms with Crippen LogP contribution in [0.15, 0.2) is 4.99 Å². The second-order valence-corrected chi connectivity index (χ2v) is 1.59. The zero-order valence-electron chi connectivity index (χ0n) is 4.81. The highest BCUT2D eigenvalue weighted by atomic mass is 16.2. The topological polar surface area (TPSA) is 99.5 Å². The summed E-state index contributed by atoms with van der Waals surface area (Å²) in [6.07, 6.45) is 0.921. The van der Waals surface area contributed by atoms with E-state index in [1.807, 2.05) is 0 Å². The fraction of sp³-hybridized carbons (Fsp3) is 0. The number of nitrogens with zero attached hydrogens (tertiary/aromatic N) is 3. The molecule has 10 heavy (non-hydrogen) atoms. The molecule has 0 fully saturated rings. The van der Waals surface area contributed by atoms with Gasteiger partial charge in [-0.25, -0.2) is 9.59 Å². The molecule has 0 saturated heterocycles. The number of imide groups is 1. The molecule has 0 radical (unpaired) electrons. The van der Waals surface area contributed by atoms with Crippen LogP contribution in [0.2, 0.25) is 0 Å². The summed E-state index contributed by atoms with van der Waals surface area (Å²) in [5.41, 5.74) is 7.87. The van der Waals surface area contributed by atoms with Crippen LogP contribution in [0.1, 0.15) is 0 Å². The standard InChI is InChI=1S/C4H2N4O2/c5-8-2-1-6-4(10)7-3(2)9/h1H,(H,7,9,10)/p+1. The summed E-state index contributed by atoms with van der Waals surface area (Å²) in [6.45, 7) is 0. The molecule has 0 aromatic heterocycles. The Kier molecular flexibility index (Phi) is 1.49. The minimum atomic E-state index is -0.627. The number of aliphatic imine (C=N–C) groups is 1. The Bertz CT molecular complexity index is 273. The lowest BCUT2D eigenvalue weighted by Gasteiger charge is -1.90. The molecule has 1 heterocycles. The van der Waals surface area contributed by atoms with Crippen molar-refractivity contribution in [3.8, 4) is 0 Å². The summed E-state index contributed by atoms with van der Waals surface area (Å²) in [5.74, 6) is -0.623. The Labute approximate surface area is 55.2 Å². The quantitative estimate of drug-likeness (QED) is 0.308. The Hall–Kier alpha value is -1.65. The molecule has 0 unspecified atom stereocenters. The van der Waals surface area contributed by atoms with Gasteiger partial charge in [-0.1, -0.05) is 0 Å². The van der Waals surface area contributed by atoms with Gasteiger partial charge in [-0.05, 0) is 0 Å². The number of urea groups is 1. The number of amides is 3. The molecule has 0 spiro atoms. The third kappa shape index (κ3) is 1.02. The first-order valence-electron chi connectivity index (χ1n) is 2.43. The van der Waals surface area contributed by atoms with Gasteiger partial charge in [0.2, 0.25) is 0 Å². The molecule has 1 aliphatic rings. The van der Waals surface area contributed by atoms with Gasteiger partial charge in [0.25, 0.3) is 0 Å². The van der Waals surface area contributed by atoms with Crippen LogP contribution in [0.3, 0.4) is 0 Å². The van der Waals surface area contributed by atoms with E-state index in [2.05, 4.69) is 9.78 Å². The number of primary amides is 2. The second kappa shape index (κ2) is 2.30. The van der Waals surface area contributed by atoms with Crippen molar-refractivity contribution in [2.45, 2.75) is 0 Å². The lowest BCUT2D eigenvalue weighted by molar-refractivity contribution is -0.461. The van der Waals surface area contributed by atoms with Crippen molar-refractivity contribution >= 4 is 23.9 Å². The van der Waals surface area contributed by atoms with Crippen LogP contribution in [0.25, 0.3) is 5.53 Å². The van der Waals surface area contributed by atoms with Crippen molar-refractivity contribution in [1.82, 2.24) is 0 Å². The number of carbonyl (C=O) groups excluding carboxylic acids is 2. The van der Waals surface area contributed by atoms with E-state index in [4.69, 9.17) is 5.53 Å². The lowest BCUT2D eigenvalue weighted by atomic mass is 10.3. The summed E-state index contributed by atoms with van der Waals surface area (Å²) in [7, 11) is 0. The van der Waals surface area contributed by atoms with Gasteiger partial charge in [0, 0.05) is 0 Å². The maximum atomic E-state index is 10.6. The number of quaternary nitrogens is 1. The number of hydrogen-bond acceptors (Lipinski definition) is 2. The molecule has 0 aromatic carbocycles. The van der Waals surface area contributed by atoms with Gasteiger partial charge in [-0.2, -0.15) is 15.1 Å². The second-order valence-electron chi connectivity index (χ2n) is 1.59. The minimum absolute atomic E-state index is 0.223. The Morgan fingerprint density at radius 2 is 2.30 bits per heavy atom. The van der Waals surface area contributed by atoms with E-state index < -0.39 is 11.9 Å². The monoisotopic (exact) mass is 139 g/mol. The average molecular weight is 139 g/mol. The van der Waals surface area contributed by atoms with Crippen LogP contribution in [0, 0.1) is 0 Å². The summed E-state index contributed by atoms with van der Waals surface area (Å²) >= 11 is 0. The van der Waals surface area contributed by atoms with Gasteiger partial charge in [-0.3, -0.25) is 0 Å². The maximum absolute atomic E-state index is 10.6. The van der Waals surface area contributed by atoms with Crippen LogP contribution < -0.4 is 5.32 Å². The minimum Gasteiger partial charge on any atom is -0.360 e. The highest BCUT2D eigenvalue weighted by Gasteiger charge is 2.30. The predicted molar refractivity (Wildman–Crippen MR) is 29.4 cm³/mol. The number of hydrogen-bond donors (Lipinski definition) is 1. The third-order valence-electron chi connectivity index (χ3n) is 0.929. The fourth-order valence-electron chi connectivity index (χ4n) is 0.487. The van der Waals surface area contributed by atoms with Crippen molar-refractivity contribution in [3.05, 3.63) is 5.53 Å². The number of rotatable bonds is 0. The van der Waals surface area contributed by atoms with E-state index in [0.29, 0.717) is 0 Å². The van der Waals surface area contributed by atoms with Gasteiger partial charge >= 0.3 is 17.6 Å². The molecule has 0 saturated carbocycles. The van der Waals surface area contributed by atoms with Gasteiger partial charge in [-0.15, -0.1) is 0 Å². The van der Waals surface area contributed by atoms with Crippen molar-refractivity contribution in [2.24, 2.45) is 4.99 Å². The Balaban J connectivity index is 3.04.